The Morgan fingerprint density at radius 1 is 1.37 bits per heavy atom. The molecule has 0 aliphatic rings. The van der Waals surface area contributed by atoms with Gasteiger partial charge in [0.1, 0.15) is 5.60 Å². The summed E-state index contributed by atoms with van der Waals surface area (Å²) in [6, 6.07) is 6.13. The van der Waals surface area contributed by atoms with E-state index in [-0.39, 0.29) is 0 Å². The van der Waals surface area contributed by atoms with Crippen LogP contribution in [0.5, 0.6) is 0 Å². The van der Waals surface area contributed by atoms with Gasteiger partial charge in [-0.1, -0.05) is 23.8 Å². The molecule has 0 amide bonds. The van der Waals surface area contributed by atoms with Crippen molar-refractivity contribution in [1.82, 2.24) is 9.78 Å². The molecule has 3 nitrogen and oxygen atoms in total. The number of hydrogen-bond donors (Lipinski definition) is 1. The van der Waals surface area contributed by atoms with Gasteiger partial charge in [0.25, 0.3) is 0 Å². The van der Waals surface area contributed by atoms with Gasteiger partial charge in [-0.2, -0.15) is 5.10 Å². The standard InChI is InChI=1S/C15H19BrN2O/c1-5-18-14(13(16)9-17-18)15(4,19)12-8-10(2)6-7-11(12)3/h6-9,19H,5H2,1-4H3. The van der Waals surface area contributed by atoms with Gasteiger partial charge in [0.05, 0.1) is 16.4 Å². The van der Waals surface area contributed by atoms with Crippen LogP contribution in [0.1, 0.15) is 36.2 Å². The highest BCUT2D eigenvalue weighted by molar-refractivity contribution is 9.10. The van der Waals surface area contributed by atoms with Crippen molar-refractivity contribution in [3.05, 3.63) is 51.3 Å². The monoisotopic (exact) mass is 322 g/mol. The first kappa shape index (κ1) is 14.3. The molecule has 1 N–H and O–H groups in total. The van der Waals surface area contributed by atoms with E-state index in [1.54, 1.807) is 6.20 Å². The Balaban J connectivity index is 2.64. The van der Waals surface area contributed by atoms with E-state index in [4.69, 9.17) is 0 Å². The first-order valence-electron chi connectivity index (χ1n) is 6.39. The topological polar surface area (TPSA) is 38.0 Å². The van der Waals surface area contributed by atoms with Gasteiger partial charge in [-0.3, -0.25) is 4.68 Å². The number of hydrogen-bond acceptors (Lipinski definition) is 2. The van der Waals surface area contributed by atoms with Crippen molar-refractivity contribution in [3.8, 4) is 0 Å². The zero-order chi connectivity index (χ0) is 14.2. The third kappa shape index (κ3) is 2.47. The summed E-state index contributed by atoms with van der Waals surface area (Å²) in [4.78, 5) is 0. The number of aromatic nitrogens is 2. The van der Waals surface area contributed by atoms with Gasteiger partial charge in [0.2, 0.25) is 0 Å². The first-order chi connectivity index (χ1) is 8.87. The number of nitrogens with zero attached hydrogens (tertiary/aromatic N) is 2. The van der Waals surface area contributed by atoms with Crippen LogP contribution in [-0.4, -0.2) is 14.9 Å². The third-order valence-electron chi connectivity index (χ3n) is 3.47. The third-order valence-corrected chi connectivity index (χ3v) is 4.05. The van der Waals surface area contributed by atoms with Crippen molar-refractivity contribution < 1.29 is 5.11 Å². The molecule has 0 radical (unpaired) electrons. The molecular weight excluding hydrogens is 304 g/mol. The fourth-order valence-electron chi connectivity index (χ4n) is 2.47. The van der Waals surface area contributed by atoms with Gasteiger partial charge >= 0.3 is 0 Å². The van der Waals surface area contributed by atoms with Gasteiger partial charge in [-0.05, 0) is 54.8 Å². The summed E-state index contributed by atoms with van der Waals surface area (Å²) in [5.41, 5.74) is 2.86. The zero-order valence-electron chi connectivity index (χ0n) is 11.7. The SMILES string of the molecule is CCn1ncc(Br)c1C(C)(O)c1cc(C)ccc1C. The Labute approximate surface area is 122 Å². The van der Waals surface area contributed by atoms with E-state index in [2.05, 4.69) is 27.1 Å². The number of benzene rings is 1. The lowest BCUT2D eigenvalue weighted by Crippen LogP contribution is -2.28. The van der Waals surface area contributed by atoms with Gasteiger partial charge in [0.15, 0.2) is 0 Å². The summed E-state index contributed by atoms with van der Waals surface area (Å²) in [6.45, 7) is 8.61. The highest BCUT2D eigenvalue weighted by Gasteiger charge is 2.33. The molecule has 0 bridgehead atoms. The zero-order valence-corrected chi connectivity index (χ0v) is 13.3. The fraction of sp³-hybridized carbons (Fsp3) is 0.400. The normalized spacial score (nSPS) is 14.4. The minimum atomic E-state index is -1.07. The van der Waals surface area contributed by atoms with Crippen molar-refractivity contribution in [2.24, 2.45) is 0 Å². The van der Waals surface area contributed by atoms with Crippen LogP contribution in [-0.2, 0) is 12.1 Å². The van der Waals surface area contributed by atoms with Gasteiger partial charge < -0.3 is 5.11 Å². The molecule has 0 spiro atoms. The van der Waals surface area contributed by atoms with Crippen LogP contribution in [0.25, 0.3) is 0 Å². The molecule has 0 aliphatic carbocycles. The number of halogens is 1. The lowest BCUT2D eigenvalue weighted by molar-refractivity contribution is 0.0902. The highest BCUT2D eigenvalue weighted by atomic mass is 79.9. The van der Waals surface area contributed by atoms with E-state index in [1.165, 1.54) is 0 Å². The van der Waals surface area contributed by atoms with E-state index >= 15 is 0 Å². The van der Waals surface area contributed by atoms with Crippen LogP contribution in [0.15, 0.2) is 28.9 Å². The number of aliphatic hydroxyl groups is 1. The summed E-state index contributed by atoms with van der Waals surface area (Å²) in [5.74, 6) is 0. The molecule has 2 aromatic rings. The van der Waals surface area contributed by atoms with E-state index in [1.807, 2.05) is 44.5 Å². The van der Waals surface area contributed by atoms with Gasteiger partial charge in [-0.25, -0.2) is 0 Å². The van der Waals surface area contributed by atoms with Crippen LogP contribution >= 0.6 is 15.9 Å². The molecule has 1 heterocycles. The average molecular weight is 323 g/mol. The molecule has 1 aromatic heterocycles. The maximum absolute atomic E-state index is 11.1. The number of rotatable bonds is 3. The Hall–Kier alpha value is -1.13. The second-order valence-corrected chi connectivity index (χ2v) is 5.90. The van der Waals surface area contributed by atoms with Crippen LogP contribution in [0.2, 0.25) is 0 Å². The minimum Gasteiger partial charge on any atom is -0.379 e. The summed E-state index contributed by atoms with van der Waals surface area (Å²) in [7, 11) is 0. The molecule has 2 rings (SSSR count). The lowest BCUT2D eigenvalue weighted by Gasteiger charge is -2.27. The Morgan fingerprint density at radius 2 is 2.05 bits per heavy atom. The highest BCUT2D eigenvalue weighted by Crippen LogP contribution is 2.36. The second kappa shape index (κ2) is 5.10. The molecule has 0 aliphatic heterocycles. The summed E-state index contributed by atoms with van der Waals surface area (Å²) < 4.78 is 2.66. The lowest BCUT2D eigenvalue weighted by atomic mass is 9.88. The average Bonchev–Trinajstić information content (AvgIpc) is 2.74. The Morgan fingerprint density at radius 3 is 2.68 bits per heavy atom. The molecule has 0 fully saturated rings. The molecular formula is C15H19BrN2O. The minimum absolute atomic E-state index is 0.724. The molecule has 1 atom stereocenters. The van der Waals surface area contributed by atoms with Crippen LogP contribution in [0, 0.1) is 13.8 Å². The molecule has 1 unspecified atom stereocenters. The van der Waals surface area contributed by atoms with E-state index in [0.717, 1.165) is 33.4 Å². The molecule has 19 heavy (non-hydrogen) atoms. The predicted octanol–water partition coefficient (Wildman–Crippen LogP) is 3.54. The Bertz CT molecular complexity index is 602. The Kier molecular flexibility index (Phi) is 3.83. The molecule has 4 heteroatoms. The van der Waals surface area contributed by atoms with Crippen LogP contribution < -0.4 is 0 Å². The van der Waals surface area contributed by atoms with Crippen molar-refractivity contribution in [2.75, 3.05) is 0 Å². The molecule has 1 aromatic carbocycles. The smallest absolute Gasteiger partial charge is 0.130 e. The summed E-state index contributed by atoms with van der Waals surface area (Å²) in [6.07, 6.45) is 1.73. The van der Waals surface area contributed by atoms with Gasteiger partial charge in [0, 0.05) is 6.54 Å². The van der Waals surface area contributed by atoms with E-state index < -0.39 is 5.60 Å². The van der Waals surface area contributed by atoms with E-state index in [9.17, 15) is 5.11 Å². The largest absolute Gasteiger partial charge is 0.379 e. The predicted molar refractivity (Wildman–Crippen MR) is 80.2 cm³/mol. The van der Waals surface area contributed by atoms with Crippen molar-refractivity contribution in [3.63, 3.8) is 0 Å². The summed E-state index contributed by atoms with van der Waals surface area (Å²) >= 11 is 3.49. The quantitative estimate of drug-likeness (QED) is 0.938. The molecule has 102 valence electrons. The van der Waals surface area contributed by atoms with Crippen molar-refractivity contribution in [1.29, 1.82) is 0 Å². The van der Waals surface area contributed by atoms with Crippen molar-refractivity contribution in [2.45, 2.75) is 39.8 Å². The fourth-order valence-corrected chi connectivity index (χ4v) is 3.16. The molecule has 0 saturated heterocycles. The maximum atomic E-state index is 11.1. The first-order valence-corrected chi connectivity index (χ1v) is 7.19. The van der Waals surface area contributed by atoms with Gasteiger partial charge in [-0.15, -0.1) is 0 Å². The second-order valence-electron chi connectivity index (χ2n) is 5.05. The number of aryl methyl sites for hydroxylation is 3. The molecule has 0 saturated carbocycles. The van der Waals surface area contributed by atoms with E-state index in [0.29, 0.717) is 0 Å². The van der Waals surface area contributed by atoms with Crippen LogP contribution in [0.4, 0.5) is 0 Å². The van der Waals surface area contributed by atoms with Crippen LogP contribution in [0.3, 0.4) is 0 Å². The van der Waals surface area contributed by atoms with Crippen molar-refractivity contribution >= 4 is 15.9 Å². The maximum Gasteiger partial charge on any atom is 0.130 e. The summed E-state index contributed by atoms with van der Waals surface area (Å²) in [5, 5.41) is 15.3.